The summed E-state index contributed by atoms with van der Waals surface area (Å²) < 4.78 is 5.34. The lowest BCUT2D eigenvalue weighted by molar-refractivity contribution is 0.0955. The maximum atomic E-state index is 12.0. The fourth-order valence-electron chi connectivity index (χ4n) is 2.33. The van der Waals surface area contributed by atoms with E-state index in [0.717, 1.165) is 47.4 Å². The Morgan fingerprint density at radius 2 is 2.14 bits per heavy atom. The Balaban J connectivity index is 1.55. The molecule has 3 rings (SSSR count). The van der Waals surface area contributed by atoms with Crippen molar-refractivity contribution in [3.8, 4) is 0 Å². The number of pyridine rings is 1. The molecule has 2 aromatic heterocycles. The first-order chi connectivity index (χ1) is 10.7. The SMILES string of the molecule is Cc1ccc(C(=O)NCc2ccc(N3CCOCC3)nc2)s1. The third-order valence-corrected chi connectivity index (χ3v) is 4.56. The van der Waals surface area contributed by atoms with Gasteiger partial charge in [-0.15, -0.1) is 11.3 Å². The van der Waals surface area contributed by atoms with E-state index in [1.807, 2.05) is 37.4 Å². The van der Waals surface area contributed by atoms with Crippen LogP contribution in [-0.2, 0) is 11.3 Å². The van der Waals surface area contributed by atoms with Gasteiger partial charge >= 0.3 is 0 Å². The number of aryl methyl sites for hydroxylation is 1. The van der Waals surface area contributed by atoms with Crippen molar-refractivity contribution in [3.05, 3.63) is 45.8 Å². The zero-order valence-electron chi connectivity index (χ0n) is 12.5. The molecular formula is C16H19N3O2S. The van der Waals surface area contributed by atoms with Crippen LogP contribution >= 0.6 is 11.3 Å². The molecule has 2 aromatic rings. The number of amides is 1. The van der Waals surface area contributed by atoms with Crippen molar-refractivity contribution in [2.45, 2.75) is 13.5 Å². The molecule has 1 saturated heterocycles. The summed E-state index contributed by atoms with van der Waals surface area (Å²) in [5.74, 6) is 0.933. The van der Waals surface area contributed by atoms with Crippen molar-refractivity contribution >= 4 is 23.1 Å². The van der Waals surface area contributed by atoms with E-state index in [1.54, 1.807) is 0 Å². The number of carbonyl (C=O) groups excluding carboxylic acids is 1. The van der Waals surface area contributed by atoms with Crippen LogP contribution < -0.4 is 10.2 Å². The largest absolute Gasteiger partial charge is 0.378 e. The Hall–Kier alpha value is -1.92. The molecule has 6 heteroatoms. The first kappa shape index (κ1) is 15.0. The quantitative estimate of drug-likeness (QED) is 0.939. The highest BCUT2D eigenvalue weighted by molar-refractivity contribution is 7.13. The Morgan fingerprint density at radius 3 is 2.77 bits per heavy atom. The van der Waals surface area contributed by atoms with Crippen molar-refractivity contribution in [1.82, 2.24) is 10.3 Å². The summed E-state index contributed by atoms with van der Waals surface area (Å²) in [6.45, 7) is 5.74. The smallest absolute Gasteiger partial charge is 0.261 e. The van der Waals surface area contributed by atoms with Crippen LogP contribution in [-0.4, -0.2) is 37.2 Å². The number of thiophene rings is 1. The molecule has 1 N–H and O–H groups in total. The first-order valence-corrected chi connectivity index (χ1v) is 8.16. The Morgan fingerprint density at radius 1 is 1.32 bits per heavy atom. The van der Waals surface area contributed by atoms with Gasteiger partial charge in [-0.1, -0.05) is 6.07 Å². The van der Waals surface area contributed by atoms with Gasteiger partial charge in [0.15, 0.2) is 0 Å². The first-order valence-electron chi connectivity index (χ1n) is 7.34. The van der Waals surface area contributed by atoms with Gasteiger partial charge in [0.25, 0.3) is 5.91 Å². The van der Waals surface area contributed by atoms with E-state index in [1.165, 1.54) is 11.3 Å². The number of nitrogens with one attached hydrogen (secondary N) is 1. The van der Waals surface area contributed by atoms with Crippen LogP contribution in [0.25, 0.3) is 0 Å². The van der Waals surface area contributed by atoms with Gasteiger partial charge in [0.1, 0.15) is 5.82 Å². The minimum absolute atomic E-state index is 0.0321. The third-order valence-electron chi connectivity index (χ3n) is 3.56. The number of anilines is 1. The summed E-state index contributed by atoms with van der Waals surface area (Å²) >= 11 is 1.51. The summed E-state index contributed by atoms with van der Waals surface area (Å²) in [5, 5.41) is 2.93. The second kappa shape index (κ2) is 6.89. The lowest BCUT2D eigenvalue weighted by Crippen LogP contribution is -2.36. The van der Waals surface area contributed by atoms with Crippen LogP contribution in [0.1, 0.15) is 20.1 Å². The number of hydrogen-bond acceptors (Lipinski definition) is 5. The summed E-state index contributed by atoms with van der Waals surface area (Å²) in [6.07, 6.45) is 1.82. The predicted molar refractivity (Wildman–Crippen MR) is 87.5 cm³/mol. The van der Waals surface area contributed by atoms with Gasteiger partial charge in [-0.3, -0.25) is 4.79 Å². The van der Waals surface area contributed by atoms with Crippen molar-refractivity contribution in [2.24, 2.45) is 0 Å². The van der Waals surface area contributed by atoms with Crippen molar-refractivity contribution < 1.29 is 9.53 Å². The van der Waals surface area contributed by atoms with Gasteiger partial charge in [0, 0.05) is 30.7 Å². The van der Waals surface area contributed by atoms with E-state index < -0.39 is 0 Å². The topological polar surface area (TPSA) is 54.5 Å². The molecule has 116 valence electrons. The molecule has 1 amide bonds. The van der Waals surface area contributed by atoms with Crippen molar-refractivity contribution in [2.75, 3.05) is 31.2 Å². The molecule has 22 heavy (non-hydrogen) atoms. The molecule has 1 aliphatic heterocycles. The number of rotatable bonds is 4. The number of aromatic nitrogens is 1. The average Bonchev–Trinajstić information content (AvgIpc) is 3.00. The highest BCUT2D eigenvalue weighted by Crippen LogP contribution is 2.15. The van der Waals surface area contributed by atoms with Crippen molar-refractivity contribution in [1.29, 1.82) is 0 Å². The van der Waals surface area contributed by atoms with Crippen LogP contribution in [0.15, 0.2) is 30.5 Å². The normalized spacial score (nSPS) is 14.9. The molecule has 0 radical (unpaired) electrons. The fourth-order valence-corrected chi connectivity index (χ4v) is 3.11. The molecular weight excluding hydrogens is 298 g/mol. The molecule has 0 atom stereocenters. The Bertz CT molecular complexity index is 633. The summed E-state index contributed by atoms with van der Waals surface area (Å²) in [5.41, 5.74) is 0.999. The number of carbonyl (C=O) groups is 1. The Kier molecular flexibility index (Phi) is 4.70. The number of ether oxygens (including phenoxy) is 1. The number of nitrogens with zero attached hydrogens (tertiary/aromatic N) is 2. The van der Waals surface area contributed by atoms with Gasteiger partial charge in [-0.2, -0.15) is 0 Å². The van der Waals surface area contributed by atoms with Gasteiger partial charge in [0.2, 0.25) is 0 Å². The highest BCUT2D eigenvalue weighted by atomic mass is 32.1. The van der Waals surface area contributed by atoms with Crippen LogP contribution in [0.5, 0.6) is 0 Å². The van der Waals surface area contributed by atoms with E-state index in [9.17, 15) is 4.79 Å². The monoisotopic (exact) mass is 317 g/mol. The van der Waals surface area contributed by atoms with E-state index in [4.69, 9.17) is 4.74 Å². The summed E-state index contributed by atoms with van der Waals surface area (Å²) in [6, 6.07) is 7.83. The van der Waals surface area contributed by atoms with Crippen LogP contribution in [0.2, 0.25) is 0 Å². The summed E-state index contributed by atoms with van der Waals surface area (Å²) in [4.78, 5) is 20.6. The minimum Gasteiger partial charge on any atom is -0.378 e. The highest BCUT2D eigenvalue weighted by Gasteiger charge is 2.12. The molecule has 0 aliphatic carbocycles. The third kappa shape index (κ3) is 3.64. The van der Waals surface area contributed by atoms with Crippen molar-refractivity contribution in [3.63, 3.8) is 0 Å². The fraction of sp³-hybridized carbons (Fsp3) is 0.375. The predicted octanol–water partition coefficient (Wildman–Crippen LogP) is 2.22. The van der Waals surface area contributed by atoms with E-state index in [2.05, 4.69) is 15.2 Å². The van der Waals surface area contributed by atoms with E-state index >= 15 is 0 Å². The van der Waals surface area contributed by atoms with Gasteiger partial charge < -0.3 is 15.0 Å². The minimum atomic E-state index is -0.0321. The van der Waals surface area contributed by atoms with E-state index in [-0.39, 0.29) is 5.91 Å². The molecule has 0 unspecified atom stereocenters. The zero-order chi connectivity index (χ0) is 15.4. The zero-order valence-corrected chi connectivity index (χ0v) is 13.4. The maximum Gasteiger partial charge on any atom is 0.261 e. The lowest BCUT2D eigenvalue weighted by atomic mass is 10.2. The number of morpholine rings is 1. The Labute approximate surface area is 133 Å². The lowest BCUT2D eigenvalue weighted by Gasteiger charge is -2.27. The maximum absolute atomic E-state index is 12.0. The molecule has 1 fully saturated rings. The van der Waals surface area contributed by atoms with Crippen LogP contribution in [0.3, 0.4) is 0 Å². The second-order valence-corrected chi connectivity index (χ2v) is 6.50. The van der Waals surface area contributed by atoms with Gasteiger partial charge in [-0.05, 0) is 30.7 Å². The van der Waals surface area contributed by atoms with Gasteiger partial charge in [-0.25, -0.2) is 4.98 Å². The molecule has 1 aliphatic rings. The van der Waals surface area contributed by atoms with Crippen LogP contribution in [0, 0.1) is 6.92 Å². The molecule has 3 heterocycles. The second-order valence-electron chi connectivity index (χ2n) is 5.22. The van der Waals surface area contributed by atoms with E-state index in [0.29, 0.717) is 6.54 Å². The molecule has 0 aromatic carbocycles. The summed E-state index contributed by atoms with van der Waals surface area (Å²) in [7, 11) is 0. The molecule has 5 nitrogen and oxygen atoms in total. The molecule has 0 saturated carbocycles. The molecule has 0 bridgehead atoms. The number of hydrogen-bond donors (Lipinski definition) is 1. The van der Waals surface area contributed by atoms with Crippen LogP contribution in [0.4, 0.5) is 5.82 Å². The molecule has 0 spiro atoms. The standard InChI is InChI=1S/C16H19N3O2S/c1-12-2-4-14(22-12)16(20)18-11-13-3-5-15(17-10-13)19-6-8-21-9-7-19/h2-5,10H,6-9,11H2,1H3,(H,18,20). The van der Waals surface area contributed by atoms with Gasteiger partial charge in [0.05, 0.1) is 18.1 Å². The average molecular weight is 317 g/mol.